The molecule has 1 N–H and O–H groups in total. The number of imide groups is 1. The van der Waals surface area contributed by atoms with E-state index in [-0.39, 0.29) is 18.4 Å². The zero-order valence-corrected chi connectivity index (χ0v) is 17.3. The molecule has 1 atom stereocenters. The number of fused-ring (bicyclic) bond motifs is 2. The summed E-state index contributed by atoms with van der Waals surface area (Å²) >= 11 is 1.66. The molecule has 1 spiro atoms. The molecule has 2 aromatic rings. The van der Waals surface area contributed by atoms with Gasteiger partial charge in [0.25, 0.3) is 5.91 Å². The first-order valence-electron chi connectivity index (χ1n) is 9.54. The summed E-state index contributed by atoms with van der Waals surface area (Å²) in [5, 5.41) is 2.86. The second-order valence-electron chi connectivity index (χ2n) is 7.48. The third-order valence-electron chi connectivity index (χ3n) is 5.72. The smallest absolute Gasteiger partial charge is 0.325 e. The first-order valence-corrected chi connectivity index (χ1v) is 10.8. The molecule has 7 heteroatoms. The van der Waals surface area contributed by atoms with Crippen molar-refractivity contribution < 1.29 is 14.4 Å². The van der Waals surface area contributed by atoms with Gasteiger partial charge in [-0.15, -0.1) is 11.8 Å². The number of urea groups is 1. The lowest BCUT2D eigenvalue weighted by Crippen LogP contribution is -2.44. The molecule has 0 aromatic heterocycles. The molecule has 1 saturated heterocycles. The summed E-state index contributed by atoms with van der Waals surface area (Å²) in [5.41, 5.74) is 1.88. The fraction of sp³-hybridized carbons (Fsp3) is 0.318. The fourth-order valence-electron chi connectivity index (χ4n) is 4.08. The fourth-order valence-corrected chi connectivity index (χ4v) is 4.49. The highest BCUT2D eigenvalue weighted by molar-refractivity contribution is 7.98. The van der Waals surface area contributed by atoms with Crippen molar-refractivity contribution in [1.82, 2.24) is 15.1 Å². The minimum Gasteiger partial charge on any atom is -0.340 e. The second kappa shape index (κ2) is 7.55. The Bertz CT molecular complexity index is 976. The molecule has 0 radical (unpaired) electrons. The number of aryl methyl sites for hydroxylation is 1. The average Bonchev–Trinajstić information content (AvgIpc) is 3.22. The van der Waals surface area contributed by atoms with Gasteiger partial charge in [0.2, 0.25) is 5.91 Å². The normalized spacial score (nSPS) is 20.1. The van der Waals surface area contributed by atoms with Gasteiger partial charge in [0.15, 0.2) is 0 Å². The maximum Gasteiger partial charge on any atom is 0.325 e. The summed E-state index contributed by atoms with van der Waals surface area (Å²) in [6.07, 6.45) is 3.27. The van der Waals surface area contributed by atoms with E-state index >= 15 is 0 Å². The number of likely N-dealkylation sites (N-methyl/N-ethyl adjacent to an activating group) is 1. The van der Waals surface area contributed by atoms with Gasteiger partial charge in [0, 0.05) is 18.5 Å². The highest BCUT2D eigenvalue weighted by Crippen LogP contribution is 2.41. The molecule has 0 saturated carbocycles. The van der Waals surface area contributed by atoms with E-state index in [9.17, 15) is 14.4 Å². The standard InChI is InChI=1S/C22H23N3O3S/c1-24(13-15-7-9-17(29-2)10-8-15)19(26)14-25-20(27)22(23-21(25)28)12-11-16-5-3-4-6-18(16)22/h3-10H,11-14H2,1-2H3,(H,23,28)/t22-/m0/s1. The first kappa shape index (κ1) is 19.5. The van der Waals surface area contributed by atoms with E-state index in [2.05, 4.69) is 5.32 Å². The Morgan fingerprint density at radius 2 is 1.90 bits per heavy atom. The molecule has 4 rings (SSSR count). The predicted octanol–water partition coefficient (Wildman–Crippen LogP) is 2.76. The molecule has 2 aromatic carbocycles. The van der Waals surface area contributed by atoms with Crippen molar-refractivity contribution in [2.75, 3.05) is 19.8 Å². The minimum atomic E-state index is -1.03. The van der Waals surface area contributed by atoms with Crippen molar-refractivity contribution >= 4 is 29.6 Å². The lowest BCUT2D eigenvalue weighted by molar-refractivity contribution is -0.138. The number of hydrogen-bond donors (Lipinski definition) is 1. The highest BCUT2D eigenvalue weighted by Gasteiger charge is 2.55. The topological polar surface area (TPSA) is 69.7 Å². The van der Waals surface area contributed by atoms with E-state index in [0.717, 1.165) is 32.9 Å². The van der Waals surface area contributed by atoms with Crippen LogP contribution in [0.2, 0.25) is 0 Å². The molecular formula is C22H23N3O3S. The minimum absolute atomic E-state index is 0.256. The van der Waals surface area contributed by atoms with Crippen molar-refractivity contribution in [3.8, 4) is 0 Å². The number of nitrogens with one attached hydrogen (secondary N) is 1. The molecule has 150 valence electrons. The van der Waals surface area contributed by atoms with Crippen LogP contribution in [-0.2, 0) is 28.1 Å². The summed E-state index contributed by atoms with van der Waals surface area (Å²) in [6.45, 7) is 0.166. The number of amides is 4. The molecule has 6 nitrogen and oxygen atoms in total. The van der Waals surface area contributed by atoms with Crippen molar-refractivity contribution in [2.24, 2.45) is 0 Å². The van der Waals surface area contributed by atoms with Crippen molar-refractivity contribution in [3.05, 3.63) is 65.2 Å². The van der Waals surface area contributed by atoms with E-state index in [4.69, 9.17) is 0 Å². The summed E-state index contributed by atoms with van der Waals surface area (Å²) < 4.78 is 0. The number of carbonyl (C=O) groups is 3. The summed E-state index contributed by atoms with van der Waals surface area (Å²) in [5.74, 6) is -0.607. The molecule has 1 aliphatic carbocycles. The Balaban J connectivity index is 1.46. The van der Waals surface area contributed by atoms with E-state index < -0.39 is 11.6 Å². The summed E-state index contributed by atoms with van der Waals surface area (Å²) in [6, 6.07) is 15.1. The molecule has 4 amide bonds. The zero-order valence-electron chi connectivity index (χ0n) is 16.5. The third-order valence-corrected chi connectivity index (χ3v) is 6.46. The lowest BCUT2D eigenvalue weighted by Gasteiger charge is -2.23. The van der Waals surface area contributed by atoms with Crippen LogP contribution in [0.5, 0.6) is 0 Å². The van der Waals surface area contributed by atoms with Gasteiger partial charge in [-0.25, -0.2) is 4.79 Å². The van der Waals surface area contributed by atoms with Crippen LogP contribution < -0.4 is 5.32 Å². The molecule has 1 aliphatic heterocycles. The molecule has 1 heterocycles. The van der Waals surface area contributed by atoms with Gasteiger partial charge in [-0.3, -0.25) is 14.5 Å². The van der Waals surface area contributed by atoms with Gasteiger partial charge in [-0.1, -0.05) is 36.4 Å². The third kappa shape index (κ3) is 3.40. The first-order chi connectivity index (χ1) is 13.9. The predicted molar refractivity (Wildman–Crippen MR) is 111 cm³/mol. The monoisotopic (exact) mass is 409 g/mol. The summed E-state index contributed by atoms with van der Waals surface area (Å²) in [7, 11) is 1.68. The Morgan fingerprint density at radius 3 is 2.62 bits per heavy atom. The maximum absolute atomic E-state index is 13.2. The maximum atomic E-state index is 13.2. The molecule has 0 unspecified atom stereocenters. The number of benzene rings is 2. The van der Waals surface area contributed by atoms with Crippen LogP contribution in [0.1, 0.15) is 23.1 Å². The molecule has 0 bridgehead atoms. The summed E-state index contributed by atoms with van der Waals surface area (Å²) in [4.78, 5) is 42.2. The van der Waals surface area contributed by atoms with E-state index in [0.29, 0.717) is 13.0 Å². The largest absolute Gasteiger partial charge is 0.340 e. The lowest BCUT2D eigenvalue weighted by atomic mass is 9.92. The Labute approximate surface area is 174 Å². The van der Waals surface area contributed by atoms with Crippen LogP contribution in [0.25, 0.3) is 0 Å². The average molecular weight is 410 g/mol. The number of nitrogens with zero attached hydrogens (tertiary/aromatic N) is 2. The van der Waals surface area contributed by atoms with Gasteiger partial charge in [0.1, 0.15) is 12.1 Å². The van der Waals surface area contributed by atoms with Gasteiger partial charge in [0.05, 0.1) is 0 Å². The number of hydrogen-bond acceptors (Lipinski definition) is 4. The second-order valence-corrected chi connectivity index (χ2v) is 8.36. The van der Waals surface area contributed by atoms with Crippen LogP contribution in [0, 0.1) is 0 Å². The molecular weight excluding hydrogens is 386 g/mol. The van der Waals surface area contributed by atoms with Crippen LogP contribution in [-0.4, -0.2) is 47.5 Å². The van der Waals surface area contributed by atoms with Crippen molar-refractivity contribution in [3.63, 3.8) is 0 Å². The molecule has 29 heavy (non-hydrogen) atoms. The van der Waals surface area contributed by atoms with Gasteiger partial charge >= 0.3 is 6.03 Å². The quantitative estimate of drug-likeness (QED) is 0.609. The Morgan fingerprint density at radius 1 is 1.17 bits per heavy atom. The zero-order chi connectivity index (χ0) is 20.6. The van der Waals surface area contributed by atoms with Crippen LogP contribution in [0.15, 0.2) is 53.4 Å². The van der Waals surface area contributed by atoms with E-state index in [1.165, 1.54) is 0 Å². The molecule has 2 aliphatic rings. The number of carbonyl (C=O) groups excluding carboxylic acids is 3. The van der Waals surface area contributed by atoms with Crippen LogP contribution >= 0.6 is 11.8 Å². The van der Waals surface area contributed by atoms with Crippen LogP contribution in [0.4, 0.5) is 4.79 Å². The van der Waals surface area contributed by atoms with Gasteiger partial charge in [-0.2, -0.15) is 0 Å². The molecule has 1 fully saturated rings. The van der Waals surface area contributed by atoms with Gasteiger partial charge < -0.3 is 10.2 Å². The Hall–Kier alpha value is -2.80. The number of rotatable bonds is 5. The van der Waals surface area contributed by atoms with E-state index in [1.54, 1.807) is 23.7 Å². The van der Waals surface area contributed by atoms with Crippen LogP contribution in [0.3, 0.4) is 0 Å². The number of thioether (sulfide) groups is 1. The SMILES string of the molecule is CSc1ccc(CN(C)C(=O)CN2C(=O)N[C@]3(CCc4ccccc43)C2=O)cc1. The van der Waals surface area contributed by atoms with Crippen molar-refractivity contribution in [2.45, 2.75) is 29.8 Å². The highest BCUT2D eigenvalue weighted by atomic mass is 32.2. The van der Waals surface area contributed by atoms with E-state index in [1.807, 2.05) is 54.8 Å². The van der Waals surface area contributed by atoms with Crippen molar-refractivity contribution in [1.29, 1.82) is 0 Å². The van der Waals surface area contributed by atoms with Gasteiger partial charge in [-0.05, 0) is 47.9 Å². The Kier molecular flexibility index (Phi) is 5.08.